The molecule has 3 saturated heterocycles. The predicted molar refractivity (Wildman–Crippen MR) is 225 cm³/mol. The molecule has 16 heteroatoms. The summed E-state index contributed by atoms with van der Waals surface area (Å²) < 4.78 is 95.5. The van der Waals surface area contributed by atoms with Crippen LogP contribution >= 0.6 is 23.2 Å². The summed E-state index contributed by atoms with van der Waals surface area (Å²) in [5.41, 5.74) is -2.32. The Morgan fingerprint density at radius 1 is 0.823 bits per heavy atom. The number of alkyl halides is 6. The van der Waals surface area contributed by atoms with Crippen molar-refractivity contribution in [3.63, 3.8) is 0 Å². The normalized spacial score (nSPS) is 22.2. The lowest BCUT2D eigenvalue weighted by atomic mass is 9.72. The van der Waals surface area contributed by atoms with Gasteiger partial charge in [0.05, 0.1) is 40.4 Å². The highest BCUT2D eigenvalue weighted by molar-refractivity contribution is 6.42. The van der Waals surface area contributed by atoms with Gasteiger partial charge in [-0.1, -0.05) is 60.0 Å². The number of amides is 2. The second kappa shape index (κ2) is 19.4. The van der Waals surface area contributed by atoms with Crippen LogP contribution in [0.15, 0.2) is 60.7 Å². The lowest BCUT2D eigenvalue weighted by Crippen LogP contribution is -2.54. The van der Waals surface area contributed by atoms with E-state index in [0.29, 0.717) is 56.7 Å². The third-order valence-corrected chi connectivity index (χ3v) is 14.1. The Hall–Kier alpha value is -3.40. The van der Waals surface area contributed by atoms with Gasteiger partial charge in [0.2, 0.25) is 5.91 Å². The van der Waals surface area contributed by atoms with E-state index in [0.717, 1.165) is 45.3 Å². The average molecular weight is 912 g/mol. The van der Waals surface area contributed by atoms with Crippen molar-refractivity contribution in [2.24, 2.45) is 0 Å². The summed E-state index contributed by atoms with van der Waals surface area (Å²) in [6.45, 7) is 5.72. The summed E-state index contributed by atoms with van der Waals surface area (Å²) in [7, 11) is 1.84. The molecule has 0 unspecified atom stereocenters. The number of piperidine rings is 2. The largest absolute Gasteiger partial charge is 0.416 e. The monoisotopic (exact) mass is 910 g/mol. The molecule has 1 spiro atoms. The molecule has 338 valence electrons. The molecular formula is C46H54Cl2F6N4O4. The first kappa shape index (κ1) is 46.6. The van der Waals surface area contributed by atoms with Gasteiger partial charge in [-0.05, 0) is 131 Å². The number of likely N-dealkylation sites (N-methyl/N-ethyl adjacent to an activating group) is 1. The summed E-state index contributed by atoms with van der Waals surface area (Å²) in [6, 6.07) is 14.2. The number of unbranched alkanes of at least 4 members (excludes halogenated alkanes) is 1. The van der Waals surface area contributed by atoms with Crippen molar-refractivity contribution in [2.45, 2.75) is 87.3 Å². The zero-order chi connectivity index (χ0) is 44.3. The Bertz CT molecular complexity index is 2020. The molecule has 8 nitrogen and oxygen atoms in total. The number of ether oxygens (including phenoxy) is 2. The topological polar surface area (TPSA) is 65.6 Å². The van der Waals surface area contributed by atoms with Crippen LogP contribution in [0.3, 0.4) is 0 Å². The fourth-order valence-corrected chi connectivity index (χ4v) is 10.1. The molecule has 3 heterocycles. The summed E-state index contributed by atoms with van der Waals surface area (Å²) in [6.07, 6.45) is -2.01. The van der Waals surface area contributed by atoms with Crippen molar-refractivity contribution in [2.75, 3.05) is 79.2 Å². The number of hydrogen-bond acceptors (Lipinski definition) is 6. The van der Waals surface area contributed by atoms with Gasteiger partial charge in [0.1, 0.15) is 12.2 Å². The standard InChI is InChI=1S/C46H54Cl2F6N4O4/c1-55(16-7-8-19-56-17-5-2-6-18-56)41(59)30-61-40-27-32-9-3-4-10-37(32)43(40)13-20-57(21-14-43)22-15-44(34-11-12-38(47)39(48)29-34)31-58(23-24-62-44)42(60)33-25-35(45(49,50)51)28-36(26-33)46(52,53)54/h3-4,9-12,25-26,28-29,40H,2,5-8,13-24,27,30-31H2,1H3/t40-,44-/m0/s1. The van der Waals surface area contributed by atoms with E-state index >= 15 is 0 Å². The van der Waals surface area contributed by atoms with Gasteiger partial charge >= 0.3 is 12.4 Å². The van der Waals surface area contributed by atoms with Crippen LogP contribution in [0.25, 0.3) is 0 Å². The maximum atomic E-state index is 13.9. The number of hydrogen-bond donors (Lipinski definition) is 0. The van der Waals surface area contributed by atoms with Crippen LogP contribution in [0.5, 0.6) is 0 Å². The molecule has 3 fully saturated rings. The van der Waals surface area contributed by atoms with E-state index in [1.165, 1.54) is 35.3 Å². The number of nitrogens with zero attached hydrogens (tertiary/aromatic N) is 4. The highest BCUT2D eigenvalue weighted by atomic mass is 35.5. The van der Waals surface area contributed by atoms with Crippen LogP contribution in [0.2, 0.25) is 10.0 Å². The van der Waals surface area contributed by atoms with Crippen LogP contribution in [-0.2, 0) is 44.1 Å². The maximum absolute atomic E-state index is 13.9. The van der Waals surface area contributed by atoms with Crippen molar-refractivity contribution in [1.82, 2.24) is 19.6 Å². The number of likely N-dealkylation sites (tertiary alicyclic amines) is 2. The smallest absolute Gasteiger partial charge is 0.367 e. The first-order valence-electron chi connectivity index (χ1n) is 21.5. The van der Waals surface area contributed by atoms with E-state index in [9.17, 15) is 35.9 Å². The van der Waals surface area contributed by atoms with Crippen LogP contribution < -0.4 is 0 Å². The molecule has 62 heavy (non-hydrogen) atoms. The van der Waals surface area contributed by atoms with E-state index in [1.807, 2.05) is 19.2 Å². The van der Waals surface area contributed by atoms with E-state index in [4.69, 9.17) is 32.7 Å². The second-order valence-electron chi connectivity index (χ2n) is 17.3. The van der Waals surface area contributed by atoms with Gasteiger partial charge in [-0.15, -0.1) is 0 Å². The molecule has 0 aromatic heterocycles. The van der Waals surface area contributed by atoms with Gasteiger partial charge < -0.3 is 29.1 Å². The third kappa shape index (κ3) is 10.6. The lowest BCUT2D eigenvalue weighted by Gasteiger charge is -2.46. The second-order valence-corrected chi connectivity index (χ2v) is 18.1. The quantitative estimate of drug-likeness (QED) is 0.126. The number of fused-ring (bicyclic) bond motifs is 2. The molecule has 7 rings (SSSR count). The van der Waals surface area contributed by atoms with E-state index < -0.39 is 40.6 Å². The van der Waals surface area contributed by atoms with Crippen molar-refractivity contribution in [3.8, 4) is 0 Å². The van der Waals surface area contributed by atoms with Crippen molar-refractivity contribution in [1.29, 1.82) is 0 Å². The van der Waals surface area contributed by atoms with Crippen LogP contribution in [-0.4, -0.2) is 117 Å². The minimum Gasteiger partial charge on any atom is -0.367 e. The number of rotatable bonds is 13. The summed E-state index contributed by atoms with van der Waals surface area (Å²) in [4.78, 5) is 35.0. The fraction of sp³-hybridized carbons (Fsp3) is 0.565. The number of carbonyl (C=O) groups excluding carboxylic acids is 2. The van der Waals surface area contributed by atoms with Gasteiger partial charge in [0, 0.05) is 37.7 Å². The minimum absolute atomic E-state index is 0.00346. The van der Waals surface area contributed by atoms with Crippen molar-refractivity contribution >= 4 is 35.0 Å². The Labute approximate surface area is 369 Å². The van der Waals surface area contributed by atoms with Gasteiger partial charge in [-0.2, -0.15) is 26.3 Å². The fourth-order valence-electron chi connectivity index (χ4n) is 9.82. The Morgan fingerprint density at radius 3 is 2.18 bits per heavy atom. The molecule has 4 aliphatic rings. The number of halogens is 8. The Morgan fingerprint density at radius 2 is 1.50 bits per heavy atom. The predicted octanol–water partition coefficient (Wildman–Crippen LogP) is 9.49. The molecule has 3 aliphatic heterocycles. The Kier molecular flexibility index (Phi) is 14.6. The van der Waals surface area contributed by atoms with E-state index in [-0.39, 0.29) is 59.8 Å². The van der Waals surface area contributed by atoms with Gasteiger partial charge in [-0.25, -0.2) is 0 Å². The number of benzene rings is 3. The molecular weight excluding hydrogens is 857 g/mol. The molecule has 2 amide bonds. The molecule has 0 N–H and O–H groups in total. The van der Waals surface area contributed by atoms with E-state index in [2.05, 4.69) is 21.9 Å². The summed E-state index contributed by atoms with van der Waals surface area (Å²) in [5.74, 6) is -1.01. The van der Waals surface area contributed by atoms with Gasteiger partial charge in [0.15, 0.2) is 0 Å². The lowest BCUT2D eigenvalue weighted by molar-refractivity contribution is -0.143. The highest BCUT2D eigenvalue weighted by Gasteiger charge is 2.50. The molecule has 2 atom stereocenters. The summed E-state index contributed by atoms with van der Waals surface area (Å²) in [5, 5.41) is 0.510. The van der Waals surface area contributed by atoms with E-state index in [1.54, 1.807) is 23.1 Å². The molecule has 0 bridgehead atoms. The molecule has 3 aromatic carbocycles. The van der Waals surface area contributed by atoms with Crippen LogP contribution in [0.1, 0.15) is 89.5 Å². The first-order valence-corrected chi connectivity index (χ1v) is 22.3. The first-order chi connectivity index (χ1) is 29.5. The highest BCUT2D eigenvalue weighted by Crippen LogP contribution is 2.48. The SMILES string of the molecule is CN(CCCCN1CCCCC1)C(=O)CO[C@H]1Cc2ccccc2C12CCN(CC[C@@]1(c3ccc(Cl)c(Cl)c3)CN(C(=O)c3cc(C(F)(F)F)cc(C(F)(F)F)c3)CCO1)CC2. The average Bonchev–Trinajstić information content (AvgIpc) is 3.56. The maximum Gasteiger partial charge on any atom is 0.416 e. The molecule has 3 aromatic rings. The zero-order valence-electron chi connectivity index (χ0n) is 34.9. The minimum atomic E-state index is -5.11. The van der Waals surface area contributed by atoms with Gasteiger partial charge in [0.25, 0.3) is 5.91 Å². The molecule has 0 saturated carbocycles. The Balaban J connectivity index is 1.02. The molecule has 1 aliphatic carbocycles. The van der Waals surface area contributed by atoms with Gasteiger partial charge in [-0.3, -0.25) is 9.59 Å². The third-order valence-electron chi connectivity index (χ3n) is 13.4. The molecule has 0 radical (unpaired) electrons. The zero-order valence-corrected chi connectivity index (χ0v) is 36.5. The van der Waals surface area contributed by atoms with Crippen LogP contribution in [0, 0.1) is 0 Å². The number of carbonyl (C=O) groups is 2. The summed E-state index contributed by atoms with van der Waals surface area (Å²) >= 11 is 12.7. The van der Waals surface area contributed by atoms with Crippen molar-refractivity contribution in [3.05, 3.63) is 104 Å². The number of morpholine rings is 1. The van der Waals surface area contributed by atoms with Crippen LogP contribution in [0.4, 0.5) is 26.3 Å². The van der Waals surface area contributed by atoms with Crippen molar-refractivity contribution < 1.29 is 45.4 Å².